The summed E-state index contributed by atoms with van der Waals surface area (Å²) in [5.74, 6) is -0.0281. The quantitative estimate of drug-likeness (QED) is 0.405. The lowest BCUT2D eigenvalue weighted by Crippen LogP contribution is -2.04. The van der Waals surface area contributed by atoms with Crippen molar-refractivity contribution in [1.82, 2.24) is 4.98 Å². The highest BCUT2D eigenvalue weighted by molar-refractivity contribution is 9.10. The summed E-state index contributed by atoms with van der Waals surface area (Å²) in [6.07, 6.45) is 0. The average Bonchev–Trinajstić information content (AvgIpc) is 2.80. The number of nitrogens with one attached hydrogen (secondary N) is 2. The van der Waals surface area contributed by atoms with E-state index in [0.29, 0.717) is 5.69 Å². The number of halogens is 1. The van der Waals surface area contributed by atoms with Crippen LogP contribution < -0.4 is 5.32 Å². The van der Waals surface area contributed by atoms with Gasteiger partial charge in [0.05, 0.1) is 5.52 Å². The van der Waals surface area contributed by atoms with Crippen molar-refractivity contribution >= 4 is 55.5 Å². The highest BCUT2D eigenvalue weighted by Crippen LogP contribution is 2.35. The minimum absolute atomic E-state index is 0.0281. The molecule has 3 rings (SSSR count). The maximum atomic E-state index is 9.99. The van der Waals surface area contributed by atoms with Gasteiger partial charge in [-0.1, -0.05) is 33.6 Å². The van der Waals surface area contributed by atoms with Crippen molar-refractivity contribution in [2.75, 3.05) is 5.32 Å². The van der Waals surface area contributed by atoms with Gasteiger partial charge in [0.25, 0.3) is 0 Å². The van der Waals surface area contributed by atoms with Crippen LogP contribution in [-0.4, -0.2) is 15.2 Å². The first kappa shape index (κ1) is 15.6. The van der Waals surface area contributed by atoms with E-state index in [4.69, 9.17) is 12.2 Å². The van der Waals surface area contributed by atoms with Crippen molar-refractivity contribution in [1.29, 1.82) is 0 Å². The fraction of sp³-hybridized carbons (Fsp3) is 0.0625. The summed E-state index contributed by atoms with van der Waals surface area (Å²) in [5.41, 5.74) is 3.06. The molecule has 1 heterocycles. The van der Waals surface area contributed by atoms with Crippen molar-refractivity contribution in [2.45, 2.75) is 6.92 Å². The van der Waals surface area contributed by atoms with Crippen LogP contribution in [-0.2, 0) is 0 Å². The molecular weight excluding hydrogens is 376 g/mol. The number of hydrogen-bond acceptors (Lipinski definition) is 3. The highest BCUT2D eigenvalue weighted by Gasteiger charge is 2.10. The second-order valence-corrected chi connectivity index (χ2v) is 6.31. The van der Waals surface area contributed by atoms with Crippen LogP contribution in [0, 0.1) is 6.92 Å². The third kappa shape index (κ3) is 3.57. The van der Waals surface area contributed by atoms with Crippen LogP contribution in [0.1, 0.15) is 5.56 Å². The third-order valence-electron chi connectivity index (χ3n) is 3.22. The normalized spacial score (nSPS) is 11.2. The number of fused-ring (bicyclic) bond motifs is 1. The molecule has 0 aliphatic rings. The Morgan fingerprint density at radius 2 is 2.09 bits per heavy atom. The zero-order valence-electron chi connectivity index (χ0n) is 12.2. The fourth-order valence-electron chi connectivity index (χ4n) is 2.19. The van der Waals surface area contributed by atoms with Crippen LogP contribution in [0.25, 0.3) is 10.9 Å². The van der Waals surface area contributed by atoms with E-state index in [-0.39, 0.29) is 11.0 Å². The Morgan fingerprint density at radius 3 is 2.87 bits per heavy atom. The predicted molar refractivity (Wildman–Crippen MR) is 99.6 cm³/mol. The molecule has 0 aliphatic heterocycles. The molecule has 1 aromatic heterocycles. The maximum absolute atomic E-state index is 9.99. The Morgan fingerprint density at radius 1 is 1.26 bits per heavy atom. The molecule has 0 saturated heterocycles. The smallest absolute Gasteiger partial charge is 0.218 e. The van der Waals surface area contributed by atoms with E-state index in [0.717, 1.165) is 26.6 Å². The van der Waals surface area contributed by atoms with Gasteiger partial charge >= 0.3 is 0 Å². The molecule has 0 spiro atoms. The molecule has 5 nitrogen and oxygen atoms in total. The summed E-state index contributed by atoms with van der Waals surface area (Å²) in [6.45, 7) is 1.98. The zero-order valence-corrected chi connectivity index (χ0v) is 14.6. The van der Waals surface area contributed by atoms with Gasteiger partial charge in [0.2, 0.25) is 11.0 Å². The number of aromatic hydroxyl groups is 1. The van der Waals surface area contributed by atoms with Crippen LogP contribution in [0.4, 0.5) is 11.4 Å². The molecule has 116 valence electrons. The lowest BCUT2D eigenvalue weighted by Gasteiger charge is -2.03. The Balaban J connectivity index is 1.83. The molecule has 0 aliphatic carbocycles. The molecule has 0 amide bonds. The molecule has 23 heavy (non-hydrogen) atoms. The van der Waals surface area contributed by atoms with Gasteiger partial charge in [-0.15, -0.1) is 10.2 Å². The molecule has 0 atom stereocenters. The number of H-pyrrole nitrogens is 1. The van der Waals surface area contributed by atoms with Gasteiger partial charge in [-0.05, 0) is 49.5 Å². The first-order valence-corrected chi connectivity index (χ1v) is 8.02. The standard InChI is InChI=1S/C16H13BrN4OS/c1-9-5-6-13-12(7-9)14(15(22)19-13)20-21-16(23)18-11-4-2-3-10(17)8-11/h2-8,19,22H,1H3,(H,18,23). The summed E-state index contributed by atoms with van der Waals surface area (Å²) in [6, 6.07) is 13.3. The number of anilines is 1. The lowest BCUT2D eigenvalue weighted by molar-refractivity contribution is 0.459. The number of hydrogen-bond donors (Lipinski definition) is 3. The third-order valence-corrected chi connectivity index (χ3v) is 3.90. The molecule has 3 N–H and O–H groups in total. The Labute approximate surface area is 146 Å². The van der Waals surface area contributed by atoms with Gasteiger partial charge in [-0.2, -0.15) is 0 Å². The SMILES string of the molecule is Cc1ccc2[nH]c(O)c(N=NC(=S)Nc3cccc(Br)c3)c2c1. The molecule has 0 saturated carbocycles. The summed E-state index contributed by atoms with van der Waals surface area (Å²) in [5, 5.41) is 22.0. The molecule has 0 unspecified atom stereocenters. The number of azo groups is 1. The first-order chi connectivity index (χ1) is 11.0. The second kappa shape index (κ2) is 6.47. The van der Waals surface area contributed by atoms with Crippen molar-refractivity contribution in [3.8, 4) is 5.88 Å². The van der Waals surface area contributed by atoms with Crippen molar-refractivity contribution in [3.63, 3.8) is 0 Å². The lowest BCUT2D eigenvalue weighted by atomic mass is 10.2. The molecular formula is C16H13BrN4OS. The van der Waals surface area contributed by atoms with Gasteiger partial charge < -0.3 is 15.4 Å². The minimum Gasteiger partial charge on any atom is -0.493 e. The van der Waals surface area contributed by atoms with Crippen LogP contribution in [0.2, 0.25) is 0 Å². The van der Waals surface area contributed by atoms with Gasteiger partial charge in [-0.3, -0.25) is 0 Å². The highest BCUT2D eigenvalue weighted by atomic mass is 79.9. The minimum atomic E-state index is -0.0281. The molecule has 0 radical (unpaired) electrons. The van der Waals surface area contributed by atoms with E-state index in [1.165, 1.54) is 0 Å². The topological polar surface area (TPSA) is 72.8 Å². The van der Waals surface area contributed by atoms with E-state index < -0.39 is 0 Å². The van der Waals surface area contributed by atoms with Gasteiger partial charge in [0.15, 0.2) is 5.69 Å². The zero-order chi connectivity index (χ0) is 16.4. The van der Waals surface area contributed by atoms with Crippen molar-refractivity contribution < 1.29 is 5.11 Å². The Hall–Kier alpha value is -2.25. The maximum Gasteiger partial charge on any atom is 0.218 e. The molecule has 0 bridgehead atoms. The van der Waals surface area contributed by atoms with Gasteiger partial charge in [-0.25, -0.2) is 0 Å². The van der Waals surface area contributed by atoms with Gasteiger partial charge in [0, 0.05) is 15.5 Å². The van der Waals surface area contributed by atoms with Crippen LogP contribution in [0.5, 0.6) is 5.88 Å². The van der Waals surface area contributed by atoms with E-state index in [2.05, 4.69) is 36.5 Å². The Kier molecular flexibility index (Phi) is 4.40. The van der Waals surface area contributed by atoms with Gasteiger partial charge in [0.1, 0.15) is 0 Å². The summed E-state index contributed by atoms with van der Waals surface area (Å²) < 4.78 is 0.937. The fourth-order valence-corrected chi connectivity index (χ4v) is 2.75. The van der Waals surface area contributed by atoms with E-state index in [9.17, 15) is 5.11 Å². The first-order valence-electron chi connectivity index (χ1n) is 6.82. The number of benzene rings is 2. The Bertz CT molecular complexity index is 920. The van der Waals surface area contributed by atoms with Crippen LogP contribution in [0.15, 0.2) is 57.2 Å². The largest absolute Gasteiger partial charge is 0.493 e. The molecule has 7 heteroatoms. The number of nitrogens with zero attached hydrogens (tertiary/aromatic N) is 2. The van der Waals surface area contributed by atoms with Crippen molar-refractivity contribution in [2.24, 2.45) is 10.2 Å². The number of aryl methyl sites for hydroxylation is 1. The van der Waals surface area contributed by atoms with E-state index >= 15 is 0 Å². The van der Waals surface area contributed by atoms with Crippen LogP contribution in [0.3, 0.4) is 0 Å². The van der Waals surface area contributed by atoms with E-state index in [1.807, 2.05) is 49.4 Å². The predicted octanol–water partition coefficient (Wildman–Crippen LogP) is 5.43. The number of aromatic amines is 1. The number of rotatable bonds is 2. The van der Waals surface area contributed by atoms with Crippen molar-refractivity contribution in [3.05, 3.63) is 52.5 Å². The molecule has 3 aromatic rings. The summed E-state index contributed by atoms with van der Waals surface area (Å²) in [7, 11) is 0. The number of aromatic nitrogens is 1. The van der Waals surface area contributed by atoms with E-state index in [1.54, 1.807) is 0 Å². The molecule has 0 fully saturated rings. The summed E-state index contributed by atoms with van der Waals surface area (Å²) >= 11 is 8.56. The van der Waals surface area contributed by atoms with Crippen LogP contribution >= 0.6 is 28.1 Å². The second-order valence-electron chi connectivity index (χ2n) is 5.01. The molecule has 2 aromatic carbocycles. The summed E-state index contributed by atoms with van der Waals surface area (Å²) in [4.78, 5) is 2.87. The average molecular weight is 389 g/mol. The monoisotopic (exact) mass is 388 g/mol. The number of thiocarbonyl (C=S) groups is 1.